The first-order valence-corrected chi connectivity index (χ1v) is 8.62. The van der Waals surface area contributed by atoms with Gasteiger partial charge >= 0.3 is 0 Å². The molecular formula is C20H15ClN2O4. The summed E-state index contributed by atoms with van der Waals surface area (Å²) in [6.45, 7) is 0.517. The van der Waals surface area contributed by atoms with Crippen LogP contribution < -0.4 is 20.3 Å². The maximum atomic E-state index is 12.6. The highest BCUT2D eigenvalue weighted by Crippen LogP contribution is 2.34. The number of hydrogen-bond acceptors (Lipinski definition) is 4. The normalized spacial score (nSPS) is 12.0. The van der Waals surface area contributed by atoms with Gasteiger partial charge in [-0.05, 0) is 35.9 Å². The first kappa shape index (κ1) is 17.2. The summed E-state index contributed by atoms with van der Waals surface area (Å²) in [5, 5.41) is 3.43. The second kappa shape index (κ2) is 7.17. The Balaban J connectivity index is 1.54. The SMILES string of the molecule is O=C(Nc1ccc2c(c1)OCO2)c1ccc(=O)n(Cc2ccc(Cl)cc2)c1. The van der Waals surface area contributed by atoms with Gasteiger partial charge in [0.15, 0.2) is 11.5 Å². The van der Waals surface area contributed by atoms with Gasteiger partial charge in [-0.1, -0.05) is 23.7 Å². The number of nitrogens with one attached hydrogen (secondary N) is 1. The van der Waals surface area contributed by atoms with E-state index in [-0.39, 0.29) is 18.3 Å². The largest absolute Gasteiger partial charge is 0.454 e. The topological polar surface area (TPSA) is 69.6 Å². The maximum absolute atomic E-state index is 12.6. The van der Waals surface area contributed by atoms with Crippen molar-refractivity contribution in [1.82, 2.24) is 4.57 Å². The van der Waals surface area contributed by atoms with Crippen molar-refractivity contribution in [3.63, 3.8) is 0 Å². The van der Waals surface area contributed by atoms with Crippen molar-refractivity contribution in [2.24, 2.45) is 0 Å². The lowest BCUT2D eigenvalue weighted by Crippen LogP contribution is -2.22. The molecule has 0 saturated carbocycles. The summed E-state index contributed by atoms with van der Waals surface area (Å²) in [6, 6.07) is 15.3. The van der Waals surface area contributed by atoms with Crippen molar-refractivity contribution in [2.75, 3.05) is 12.1 Å². The molecule has 1 amide bonds. The molecule has 0 bridgehead atoms. The molecular weight excluding hydrogens is 368 g/mol. The van der Waals surface area contributed by atoms with Gasteiger partial charge in [-0.2, -0.15) is 0 Å². The van der Waals surface area contributed by atoms with Gasteiger partial charge in [-0.15, -0.1) is 0 Å². The van der Waals surface area contributed by atoms with Gasteiger partial charge in [0.1, 0.15) is 0 Å². The highest BCUT2D eigenvalue weighted by molar-refractivity contribution is 6.30. The number of halogens is 1. The lowest BCUT2D eigenvalue weighted by Gasteiger charge is -2.10. The minimum Gasteiger partial charge on any atom is -0.454 e. The van der Waals surface area contributed by atoms with Crippen LogP contribution in [-0.2, 0) is 6.54 Å². The van der Waals surface area contributed by atoms with E-state index >= 15 is 0 Å². The van der Waals surface area contributed by atoms with Crippen molar-refractivity contribution >= 4 is 23.2 Å². The van der Waals surface area contributed by atoms with Gasteiger partial charge in [0, 0.05) is 29.0 Å². The molecule has 2 aromatic carbocycles. The van der Waals surface area contributed by atoms with E-state index in [4.69, 9.17) is 21.1 Å². The van der Waals surface area contributed by atoms with Crippen LogP contribution in [0.5, 0.6) is 11.5 Å². The van der Waals surface area contributed by atoms with Gasteiger partial charge in [0.2, 0.25) is 6.79 Å². The maximum Gasteiger partial charge on any atom is 0.257 e. The number of fused-ring (bicyclic) bond motifs is 1. The molecule has 0 unspecified atom stereocenters. The molecule has 0 saturated heterocycles. The average Bonchev–Trinajstić information content (AvgIpc) is 3.13. The standard InChI is InChI=1S/C20H15ClN2O4/c21-15-4-1-13(2-5-15)10-23-11-14(3-8-19(23)24)20(25)22-16-6-7-17-18(9-16)27-12-26-17/h1-9,11H,10,12H2,(H,22,25). The van der Waals surface area contributed by atoms with Crippen molar-refractivity contribution in [3.8, 4) is 11.5 Å². The number of carbonyl (C=O) groups is 1. The van der Waals surface area contributed by atoms with E-state index in [1.807, 2.05) is 12.1 Å². The summed E-state index contributed by atoms with van der Waals surface area (Å²) in [6.07, 6.45) is 1.54. The van der Waals surface area contributed by atoms with Crippen LogP contribution in [0.4, 0.5) is 5.69 Å². The Bertz CT molecular complexity index is 1060. The number of pyridine rings is 1. The van der Waals surface area contributed by atoms with Crippen LogP contribution in [-0.4, -0.2) is 17.3 Å². The summed E-state index contributed by atoms with van der Waals surface area (Å²) in [5.41, 5.74) is 1.68. The molecule has 4 rings (SSSR count). The molecule has 1 aliphatic heterocycles. The lowest BCUT2D eigenvalue weighted by atomic mass is 10.2. The number of rotatable bonds is 4. The average molecular weight is 383 g/mol. The van der Waals surface area contributed by atoms with Crippen LogP contribution >= 0.6 is 11.6 Å². The predicted molar refractivity (Wildman–Crippen MR) is 102 cm³/mol. The Morgan fingerprint density at radius 2 is 1.81 bits per heavy atom. The third-order valence-electron chi connectivity index (χ3n) is 4.14. The predicted octanol–water partition coefficient (Wildman–Crippen LogP) is 3.53. The van der Waals surface area contributed by atoms with E-state index in [2.05, 4.69) is 5.32 Å². The zero-order valence-corrected chi connectivity index (χ0v) is 14.9. The van der Waals surface area contributed by atoms with Gasteiger partial charge in [0.05, 0.1) is 12.1 Å². The number of nitrogens with zero attached hydrogens (tertiary/aromatic N) is 1. The number of hydrogen-bond donors (Lipinski definition) is 1. The van der Waals surface area contributed by atoms with Crippen LogP contribution in [0.1, 0.15) is 15.9 Å². The van der Waals surface area contributed by atoms with Crippen LogP contribution in [0.2, 0.25) is 5.02 Å². The van der Waals surface area contributed by atoms with Crippen molar-refractivity contribution < 1.29 is 14.3 Å². The Labute approximate surface area is 159 Å². The number of benzene rings is 2. The quantitative estimate of drug-likeness (QED) is 0.749. The van der Waals surface area contributed by atoms with Crippen LogP contribution in [0.3, 0.4) is 0 Å². The molecule has 0 aliphatic carbocycles. The van der Waals surface area contributed by atoms with Crippen LogP contribution in [0, 0.1) is 0 Å². The fraction of sp³-hybridized carbons (Fsp3) is 0.100. The van der Waals surface area contributed by atoms with Gasteiger partial charge in [-0.3, -0.25) is 9.59 Å². The molecule has 0 spiro atoms. The molecule has 0 atom stereocenters. The Hall–Kier alpha value is -3.25. The second-order valence-electron chi connectivity index (χ2n) is 6.03. The van der Waals surface area contributed by atoms with E-state index in [1.165, 1.54) is 16.7 Å². The summed E-state index contributed by atoms with van der Waals surface area (Å²) < 4.78 is 12.0. The zero-order valence-electron chi connectivity index (χ0n) is 14.1. The fourth-order valence-electron chi connectivity index (χ4n) is 2.75. The smallest absolute Gasteiger partial charge is 0.257 e. The number of ether oxygens (including phenoxy) is 2. The molecule has 0 radical (unpaired) electrons. The summed E-state index contributed by atoms with van der Waals surface area (Å²) in [4.78, 5) is 24.7. The minimum absolute atomic E-state index is 0.169. The monoisotopic (exact) mass is 382 g/mol. The van der Waals surface area contributed by atoms with Crippen molar-refractivity contribution in [2.45, 2.75) is 6.54 Å². The molecule has 3 aromatic rings. The molecule has 1 aliphatic rings. The van der Waals surface area contributed by atoms with E-state index in [0.717, 1.165) is 5.56 Å². The Morgan fingerprint density at radius 1 is 1.04 bits per heavy atom. The van der Waals surface area contributed by atoms with Crippen molar-refractivity contribution in [1.29, 1.82) is 0 Å². The molecule has 0 fully saturated rings. The third kappa shape index (κ3) is 3.80. The lowest BCUT2D eigenvalue weighted by molar-refractivity contribution is 0.102. The molecule has 2 heterocycles. The van der Waals surface area contributed by atoms with Gasteiger partial charge in [0.25, 0.3) is 11.5 Å². The van der Waals surface area contributed by atoms with Gasteiger partial charge < -0.3 is 19.4 Å². The fourth-order valence-corrected chi connectivity index (χ4v) is 2.88. The summed E-state index contributed by atoms with van der Waals surface area (Å²) in [5.74, 6) is 0.906. The van der Waals surface area contributed by atoms with E-state index in [9.17, 15) is 9.59 Å². The molecule has 7 heteroatoms. The van der Waals surface area contributed by atoms with Gasteiger partial charge in [-0.25, -0.2) is 0 Å². The third-order valence-corrected chi connectivity index (χ3v) is 4.39. The van der Waals surface area contributed by atoms with Crippen LogP contribution in [0.25, 0.3) is 0 Å². The Kier molecular flexibility index (Phi) is 4.56. The molecule has 27 heavy (non-hydrogen) atoms. The van der Waals surface area contributed by atoms with E-state index in [1.54, 1.807) is 36.5 Å². The highest BCUT2D eigenvalue weighted by atomic mass is 35.5. The van der Waals surface area contributed by atoms with Crippen LogP contribution in [0.15, 0.2) is 65.6 Å². The van der Waals surface area contributed by atoms with E-state index < -0.39 is 0 Å². The molecule has 1 N–H and O–H groups in total. The molecule has 6 nitrogen and oxygen atoms in total. The number of anilines is 1. The molecule has 136 valence electrons. The number of amides is 1. The number of carbonyl (C=O) groups excluding carboxylic acids is 1. The minimum atomic E-state index is -0.321. The van der Waals surface area contributed by atoms with Crippen molar-refractivity contribution in [3.05, 3.63) is 87.3 Å². The van der Waals surface area contributed by atoms with E-state index in [0.29, 0.717) is 34.3 Å². The second-order valence-corrected chi connectivity index (χ2v) is 6.47. The molecule has 1 aromatic heterocycles. The highest BCUT2D eigenvalue weighted by Gasteiger charge is 2.15. The zero-order chi connectivity index (χ0) is 18.8. The number of aromatic nitrogens is 1. The summed E-state index contributed by atoms with van der Waals surface area (Å²) >= 11 is 5.89. The first-order chi connectivity index (χ1) is 13.1. The Morgan fingerprint density at radius 3 is 2.63 bits per heavy atom. The first-order valence-electron chi connectivity index (χ1n) is 8.24. The summed E-state index contributed by atoms with van der Waals surface area (Å²) in [7, 11) is 0.